The van der Waals surface area contributed by atoms with Crippen molar-refractivity contribution in [2.75, 3.05) is 6.26 Å². The molecule has 0 aromatic heterocycles. The topological polar surface area (TPSA) is 101 Å². The molecule has 0 amide bonds. The van der Waals surface area contributed by atoms with E-state index in [2.05, 4.69) is 4.72 Å². The van der Waals surface area contributed by atoms with Crippen LogP contribution in [-0.4, -0.2) is 39.3 Å². The molecular weight excluding hydrogens is 314 g/mol. The average molecular weight is 335 g/mol. The number of aliphatic hydroxyl groups is 1. The number of benzene rings is 1. The largest absolute Gasteiger partial charge is 0.389 e. The normalized spacial score (nSPS) is 14.2. The highest BCUT2D eigenvalue weighted by molar-refractivity contribution is 7.90. The molecule has 0 aliphatic carbocycles. The monoisotopic (exact) mass is 335 g/mol. The molecule has 0 radical (unpaired) electrons. The summed E-state index contributed by atoms with van der Waals surface area (Å²) >= 11 is 0. The van der Waals surface area contributed by atoms with Crippen LogP contribution in [0.3, 0.4) is 0 Å². The van der Waals surface area contributed by atoms with E-state index in [9.17, 15) is 21.9 Å². The fourth-order valence-corrected chi connectivity index (χ4v) is 3.55. The standard InChI is InChI=1S/C13H21NO5S2/c1-12(2,13(3,4)15)14-21(18,19)11-8-6-10(7-9-11)20(5,16)17/h6-9,14-15H,1-5H3. The molecule has 1 aromatic rings. The third-order valence-electron chi connectivity index (χ3n) is 3.48. The van der Waals surface area contributed by atoms with Crippen LogP contribution in [0.2, 0.25) is 0 Å². The predicted octanol–water partition coefficient (Wildman–Crippen LogP) is 0.918. The van der Waals surface area contributed by atoms with Crippen LogP contribution in [0.4, 0.5) is 0 Å². The second-order valence-electron chi connectivity index (χ2n) is 6.03. The van der Waals surface area contributed by atoms with Crippen molar-refractivity contribution in [1.29, 1.82) is 0 Å². The smallest absolute Gasteiger partial charge is 0.241 e. The van der Waals surface area contributed by atoms with Crippen molar-refractivity contribution < 1.29 is 21.9 Å². The molecule has 0 saturated heterocycles. The Bertz CT molecular complexity index is 711. The first kappa shape index (κ1) is 18.1. The lowest BCUT2D eigenvalue weighted by molar-refractivity contribution is 0.00639. The van der Waals surface area contributed by atoms with E-state index in [1.807, 2.05) is 0 Å². The van der Waals surface area contributed by atoms with Crippen LogP contribution in [0.5, 0.6) is 0 Å². The molecule has 0 aliphatic rings. The highest BCUT2D eigenvalue weighted by Crippen LogP contribution is 2.24. The molecular formula is C13H21NO5S2. The summed E-state index contributed by atoms with van der Waals surface area (Å²) in [6.07, 6.45) is 1.05. The minimum atomic E-state index is -3.87. The molecule has 21 heavy (non-hydrogen) atoms. The lowest BCUT2D eigenvalue weighted by atomic mass is 9.87. The molecule has 8 heteroatoms. The van der Waals surface area contributed by atoms with Crippen LogP contribution < -0.4 is 4.72 Å². The Hall–Kier alpha value is -0.960. The van der Waals surface area contributed by atoms with Gasteiger partial charge in [-0.2, -0.15) is 0 Å². The van der Waals surface area contributed by atoms with Crippen molar-refractivity contribution in [1.82, 2.24) is 4.72 Å². The first-order valence-corrected chi connectivity index (χ1v) is 9.61. The Morgan fingerprint density at radius 3 is 1.62 bits per heavy atom. The second-order valence-corrected chi connectivity index (χ2v) is 9.73. The minimum absolute atomic E-state index is 0.0446. The van der Waals surface area contributed by atoms with Gasteiger partial charge in [0.05, 0.1) is 20.9 Å². The highest BCUT2D eigenvalue weighted by Gasteiger charge is 2.38. The Labute approximate surface area is 126 Å². The summed E-state index contributed by atoms with van der Waals surface area (Å²) in [5, 5.41) is 10.0. The molecule has 6 nitrogen and oxygen atoms in total. The van der Waals surface area contributed by atoms with Crippen molar-refractivity contribution in [3.63, 3.8) is 0 Å². The summed E-state index contributed by atoms with van der Waals surface area (Å²) in [6.45, 7) is 6.13. The molecule has 1 aromatic carbocycles. The molecule has 0 unspecified atom stereocenters. The second kappa shape index (κ2) is 5.35. The van der Waals surface area contributed by atoms with Gasteiger partial charge in [0.1, 0.15) is 0 Å². The molecule has 0 aliphatic heterocycles. The molecule has 0 heterocycles. The zero-order valence-corrected chi connectivity index (χ0v) is 14.3. The van der Waals surface area contributed by atoms with Crippen molar-refractivity contribution in [3.05, 3.63) is 24.3 Å². The molecule has 1 rings (SSSR count). The van der Waals surface area contributed by atoms with Crippen molar-refractivity contribution in [2.24, 2.45) is 0 Å². The quantitative estimate of drug-likeness (QED) is 0.833. The van der Waals surface area contributed by atoms with Gasteiger partial charge in [0, 0.05) is 6.26 Å². The van der Waals surface area contributed by atoms with Gasteiger partial charge in [0.15, 0.2) is 9.84 Å². The zero-order chi connectivity index (χ0) is 16.7. The molecule has 0 fully saturated rings. The molecule has 2 N–H and O–H groups in total. The van der Waals surface area contributed by atoms with Gasteiger partial charge >= 0.3 is 0 Å². The maximum absolute atomic E-state index is 12.3. The van der Waals surface area contributed by atoms with Gasteiger partial charge in [0.2, 0.25) is 10.0 Å². The minimum Gasteiger partial charge on any atom is -0.389 e. The lowest BCUT2D eigenvalue weighted by Crippen LogP contribution is -2.57. The Balaban J connectivity index is 3.16. The Kier molecular flexibility index (Phi) is 4.61. The van der Waals surface area contributed by atoms with E-state index in [4.69, 9.17) is 0 Å². The molecule has 0 saturated carbocycles. The molecule has 0 spiro atoms. The summed E-state index contributed by atoms with van der Waals surface area (Å²) in [5.41, 5.74) is -2.37. The molecule has 0 bridgehead atoms. The molecule has 120 valence electrons. The van der Waals surface area contributed by atoms with Crippen LogP contribution in [0.15, 0.2) is 34.1 Å². The predicted molar refractivity (Wildman–Crippen MR) is 80.3 cm³/mol. The van der Waals surface area contributed by atoms with Gasteiger partial charge in [-0.3, -0.25) is 0 Å². The zero-order valence-electron chi connectivity index (χ0n) is 12.7. The number of rotatable bonds is 5. The van der Waals surface area contributed by atoms with Gasteiger partial charge in [-0.15, -0.1) is 0 Å². The van der Waals surface area contributed by atoms with Crippen molar-refractivity contribution >= 4 is 19.9 Å². The van der Waals surface area contributed by atoms with Crippen molar-refractivity contribution in [2.45, 2.75) is 48.6 Å². The average Bonchev–Trinajstić information content (AvgIpc) is 2.25. The van der Waals surface area contributed by atoms with Crippen LogP contribution in [0, 0.1) is 0 Å². The van der Waals surface area contributed by atoms with Crippen molar-refractivity contribution in [3.8, 4) is 0 Å². The first-order valence-electron chi connectivity index (χ1n) is 6.23. The van der Waals surface area contributed by atoms with Gasteiger partial charge in [-0.1, -0.05) is 0 Å². The van der Waals surface area contributed by atoms with Gasteiger partial charge in [-0.05, 0) is 52.0 Å². The van der Waals surface area contributed by atoms with Crippen LogP contribution in [0.25, 0.3) is 0 Å². The van der Waals surface area contributed by atoms with E-state index in [-0.39, 0.29) is 9.79 Å². The van der Waals surface area contributed by atoms with Crippen LogP contribution >= 0.6 is 0 Å². The Morgan fingerprint density at radius 1 is 0.905 bits per heavy atom. The van der Waals surface area contributed by atoms with E-state index < -0.39 is 31.0 Å². The number of hydrogen-bond donors (Lipinski definition) is 2. The number of sulfone groups is 1. The lowest BCUT2D eigenvalue weighted by Gasteiger charge is -2.37. The third kappa shape index (κ3) is 4.26. The van der Waals surface area contributed by atoms with Gasteiger partial charge in [-0.25, -0.2) is 21.6 Å². The van der Waals surface area contributed by atoms with E-state index in [1.54, 1.807) is 13.8 Å². The van der Waals surface area contributed by atoms with E-state index in [0.29, 0.717) is 0 Å². The molecule has 0 atom stereocenters. The highest BCUT2D eigenvalue weighted by atomic mass is 32.2. The summed E-state index contributed by atoms with van der Waals surface area (Å²) in [5.74, 6) is 0. The number of sulfonamides is 1. The van der Waals surface area contributed by atoms with E-state index in [1.165, 1.54) is 38.1 Å². The fourth-order valence-electron chi connectivity index (χ4n) is 1.39. The number of hydrogen-bond acceptors (Lipinski definition) is 5. The summed E-state index contributed by atoms with van der Waals surface area (Å²) in [4.78, 5) is -0.0181. The van der Waals surface area contributed by atoms with E-state index >= 15 is 0 Å². The maximum Gasteiger partial charge on any atom is 0.241 e. The van der Waals surface area contributed by atoms with Crippen LogP contribution in [-0.2, 0) is 19.9 Å². The summed E-state index contributed by atoms with van der Waals surface area (Å²) in [7, 11) is -7.25. The summed E-state index contributed by atoms with van der Waals surface area (Å²) in [6, 6.07) is 4.92. The van der Waals surface area contributed by atoms with E-state index in [0.717, 1.165) is 6.26 Å². The maximum atomic E-state index is 12.3. The third-order valence-corrected chi connectivity index (χ3v) is 6.28. The van der Waals surface area contributed by atoms with Gasteiger partial charge < -0.3 is 5.11 Å². The van der Waals surface area contributed by atoms with Gasteiger partial charge in [0.25, 0.3) is 0 Å². The summed E-state index contributed by atoms with van der Waals surface area (Å²) < 4.78 is 49.7. The van der Waals surface area contributed by atoms with Crippen LogP contribution in [0.1, 0.15) is 27.7 Å². The number of nitrogens with one attached hydrogen (secondary N) is 1. The SMILES string of the molecule is CC(C)(O)C(C)(C)NS(=O)(=O)c1ccc(S(C)(=O)=O)cc1. The first-order chi connectivity index (χ1) is 9.17. The Morgan fingerprint density at radius 2 is 1.29 bits per heavy atom. The fraction of sp³-hybridized carbons (Fsp3) is 0.538.